The first-order chi connectivity index (χ1) is 7.52. The zero-order valence-electron chi connectivity index (χ0n) is 10.4. The molecule has 0 N–H and O–H groups in total. The highest BCUT2D eigenvalue weighted by molar-refractivity contribution is 5.66. The van der Waals surface area contributed by atoms with E-state index >= 15 is 0 Å². The van der Waals surface area contributed by atoms with Gasteiger partial charge in [0.15, 0.2) is 0 Å². The summed E-state index contributed by atoms with van der Waals surface area (Å²) in [6.45, 7) is 7.72. The van der Waals surface area contributed by atoms with Crippen molar-refractivity contribution in [2.45, 2.75) is 39.7 Å². The van der Waals surface area contributed by atoms with E-state index in [0.29, 0.717) is 5.92 Å². The average Bonchev–Trinajstić information content (AvgIpc) is 2.25. The molecule has 0 spiro atoms. The molecule has 0 aromatic heterocycles. The zero-order chi connectivity index (χ0) is 12.1. The molecule has 0 radical (unpaired) electrons. The molecule has 1 aromatic carbocycles. The van der Waals surface area contributed by atoms with Gasteiger partial charge in [0.25, 0.3) is 0 Å². The number of carbonyl (C=O) groups is 1. The van der Waals surface area contributed by atoms with E-state index in [2.05, 4.69) is 32.9 Å². The first-order valence-corrected chi connectivity index (χ1v) is 5.74. The molecule has 0 aliphatic heterocycles. The zero-order valence-corrected chi connectivity index (χ0v) is 10.4. The van der Waals surface area contributed by atoms with Gasteiger partial charge in [-0.25, -0.2) is 0 Å². The smallest absolute Gasteiger partial charge is 0.302 e. The summed E-state index contributed by atoms with van der Waals surface area (Å²) < 4.78 is 5.39. The molecule has 2 unspecified atom stereocenters. The van der Waals surface area contributed by atoms with Crippen molar-refractivity contribution in [3.63, 3.8) is 0 Å². The molecule has 0 saturated heterocycles. The minimum Gasteiger partial charge on any atom is -0.462 e. The minimum absolute atomic E-state index is 0.0556. The van der Waals surface area contributed by atoms with Gasteiger partial charge in [0, 0.05) is 12.8 Å². The minimum atomic E-state index is -0.207. The third-order valence-corrected chi connectivity index (χ3v) is 2.78. The van der Waals surface area contributed by atoms with Gasteiger partial charge in [0.1, 0.15) is 6.10 Å². The van der Waals surface area contributed by atoms with Gasteiger partial charge in [-0.3, -0.25) is 4.79 Å². The monoisotopic (exact) mass is 220 g/mol. The Hall–Kier alpha value is -1.31. The van der Waals surface area contributed by atoms with Gasteiger partial charge < -0.3 is 4.74 Å². The van der Waals surface area contributed by atoms with Crippen molar-refractivity contribution >= 4 is 5.97 Å². The van der Waals surface area contributed by atoms with Crippen LogP contribution in [0.15, 0.2) is 30.3 Å². The van der Waals surface area contributed by atoms with Crippen LogP contribution >= 0.6 is 0 Å². The highest BCUT2D eigenvalue weighted by Gasteiger charge is 2.24. The summed E-state index contributed by atoms with van der Waals surface area (Å²) in [5, 5.41) is 0. The number of hydrogen-bond acceptors (Lipinski definition) is 2. The summed E-state index contributed by atoms with van der Waals surface area (Å²) in [6.07, 6.45) is -0.0556. The fourth-order valence-electron chi connectivity index (χ4n) is 1.95. The lowest BCUT2D eigenvalue weighted by molar-refractivity contribution is -0.149. The average molecular weight is 220 g/mol. The van der Waals surface area contributed by atoms with Crippen molar-refractivity contribution in [1.29, 1.82) is 0 Å². The Morgan fingerprint density at radius 1 is 1.12 bits per heavy atom. The molecule has 0 aliphatic carbocycles. The van der Waals surface area contributed by atoms with Crippen molar-refractivity contribution in [2.24, 2.45) is 5.92 Å². The van der Waals surface area contributed by atoms with E-state index in [1.165, 1.54) is 12.5 Å². The Kier molecular flexibility index (Phi) is 4.53. The molecule has 2 heteroatoms. The van der Waals surface area contributed by atoms with Crippen LogP contribution in [0.5, 0.6) is 0 Å². The van der Waals surface area contributed by atoms with Gasteiger partial charge in [0.05, 0.1) is 0 Å². The molecular formula is C14H20O2. The maximum absolute atomic E-state index is 11.1. The van der Waals surface area contributed by atoms with Crippen LogP contribution in [0.25, 0.3) is 0 Å². The number of ether oxygens (including phenoxy) is 1. The first-order valence-electron chi connectivity index (χ1n) is 5.74. The second-order valence-electron chi connectivity index (χ2n) is 4.52. The van der Waals surface area contributed by atoms with Gasteiger partial charge in [-0.15, -0.1) is 0 Å². The number of hydrogen-bond donors (Lipinski definition) is 0. The Bertz CT molecular complexity index is 330. The van der Waals surface area contributed by atoms with Crippen LogP contribution < -0.4 is 0 Å². The standard InChI is InChI=1S/C14H20O2/c1-10(2)14(16-12(4)15)11(3)13-8-6-5-7-9-13/h5-11,14H,1-4H3. The van der Waals surface area contributed by atoms with E-state index in [1.807, 2.05) is 18.2 Å². The van der Waals surface area contributed by atoms with Crippen LogP contribution in [0, 0.1) is 5.92 Å². The van der Waals surface area contributed by atoms with Gasteiger partial charge in [-0.05, 0) is 11.5 Å². The van der Waals surface area contributed by atoms with Crippen molar-refractivity contribution in [3.05, 3.63) is 35.9 Å². The summed E-state index contributed by atoms with van der Waals surface area (Å²) in [5.74, 6) is 0.339. The summed E-state index contributed by atoms with van der Waals surface area (Å²) in [4.78, 5) is 11.1. The first kappa shape index (κ1) is 12.8. The molecule has 16 heavy (non-hydrogen) atoms. The quantitative estimate of drug-likeness (QED) is 0.727. The SMILES string of the molecule is CC(=O)OC(C(C)C)C(C)c1ccccc1. The molecular weight excluding hydrogens is 200 g/mol. The van der Waals surface area contributed by atoms with Gasteiger partial charge in [0.2, 0.25) is 0 Å². The highest BCUT2D eigenvalue weighted by atomic mass is 16.5. The van der Waals surface area contributed by atoms with Crippen molar-refractivity contribution in [1.82, 2.24) is 0 Å². The van der Waals surface area contributed by atoms with E-state index in [0.717, 1.165) is 0 Å². The largest absolute Gasteiger partial charge is 0.462 e. The summed E-state index contributed by atoms with van der Waals surface area (Å²) >= 11 is 0. The Morgan fingerprint density at radius 3 is 2.12 bits per heavy atom. The highest BCUT2D eigenvalue weighted by Crippen LogP contribution is 2.26. The second-order valence-corrected chi connectivity index (χ2v) is 4.52. The molecule has 2 atom stereocenters. The molecule has 0 aliphatic rings. The van der Waals surface area contributed by atoms with Gasteiger partial charge in [-0.1, -0.05) is 51.1 Å². The molecule has 0 saturated carbocycles. The maximum Gasteiger partial charge on any atom is 0.302 e. The fraction of sp³-hybridized carbons (Fsp3) is 0.500. The molecule has 1 rings (SSSR count). The summed E-state index contributed by atoms with van der Waals surface area (Å²) in [5.41, 5.74) is 1.21. The maximum atomic E-state index is 11.1. The van der Waals surface area contributed by atoms with Crippen LogP contribution in [0.1, 0.15) is 39.2 Å². The number of benzene rings is 1. The van der Waals surface area contributed by atoms with Crippen molar-refractivity contribution in [2.75, 3.05) is 0 Å². The number of rotatable bonds is 4. The Morgan fingerprint density at radius 2 is 1.69 bits per heavy atom. The van der Waals surface area contributed by atoms with Crippen LogP contribution in [0.2, 0.25) is 0 Å². The number of carbonyl (C=O) groups excluding carboxylic acids is 1. The predicted molar refractivity (Wildman–Crippen MR) is 65.2 cm³/mol. The van der Waals surface area contributed by atoms with E-state index in [4.69, 9.17) is 4.74 Å². The van der Waals surface area contributed by atoms with Crippen LogP contribution in [-0.4, -0.2) is 12.1 Å². The van der Waals surface area contributed by atoms with Gasteiger partial charge in [-0.2, -0.15) is 0 Å². The van der Waals surface area contributed by atoms with Crippen LogP contribution in [-0.2, 0) is 9.53 Å². The molecule has 0 amide bonds. The predicted octanol–water partition coefficient (Wildman–Crippen LogP) is 3.38. The third kappa shape index (κ3) is 3.37. The second kappa shape index (κ2) is 5.69. The van der Waals surface area contributed by atoms with E-state index in [-0.39, 0.29) is 18.0 Å². The van der Waals surface area contributed by atoms with Crippen molar-refractivity contribution < 1.29 is 9.53 Å². The van der Waals surface area contributed by atoms with Crippen LogP contribution in [0.4, 0.5) is 0 Å². The fourth-order valence-corrected chi connectivity index (χ4v) is 1.95. The van der Waals surface area contributed by atoms with Crippen molar-refractivity contribution in [3.8, 4) is 0 Å². The molecule has 0 bridgehead atoms. The molecule has 1 aromatic rings. The number of esters is 1. The third-order valence-electron chi connectivity index (χ3n) is 2.78. The van der Waals surface area contributed by atoms with E-state index in [1.54, 1.807) is 0 Å². The Balaban J connectivity index is 2.83. The lowest BCUT2D eigenvalue weighted by Gasteiger charge is -2.27. The van der Waals surface area contributed by atoms with E-state index < -0.39 is 0 Å². The topological polar surface area (TPSA) is 26.3 Å². The Labute approximate surface area is 97.6 Å². The van der Waals surface area contributed by atoms with Crippen LogP contribution in [0.3, 0.4) is 0 Å². The lowest BCUT2D eigenvalue weighted by Crippen LogP contribution is -2.28. The van der Waals surface area contributed by atoms with Gasteiger partial charge >= 0.3 is 5.97 Å². The molecule has 0 fully saturated rings. The molecule has 2 nitrogen and oxygen atoms in total. The molecule has 0 heterocycles. The molecule has 88 valence electrons. The summed E-state index contributed by atoms with van der Waals surface area (Å²) in [7, 11) is 0. The lowest BCUT2D eigenvalue weighted by atomic mass is 9.89. The normalized spacial score (nSPS) is 14.6. The van der Waals surface area contributed by atoms with E-state index in [9.17, 15) is 4.79 Å². The summed E-state index contributed by atoms with van der Waals surface area (Å²) in [6, 6.07) is 10.2.